The number of amides is 1. The van der Waals surface area contributed by atoms with Crippen molar-refractivity contribution in [2.75, 3.05) is 0 Å². The van der Waals surface area contributed by atoms with Crippen molar-refractivity contribution < 1.29 is 4.79 Å². The zero-order valence-electron chi connectivity index (χ0n) is 10.4. The Labute approximate surface area is 107 Å². The van der Waals surface area contributed by atoms with E-state index in [1.807, 2.05) is 30.3 Å². The van der Waals surface area contributed by atoms with E-state index in [2.05, 4.69) is 10.6 Å². The van der Waals surface area contributed by atoms with Gasteiger partial charge in [-0.3, -0.25) is 4.79 Å². The third-order valence-electron chi connectivity index (χ3n) is 3.80. The zero-order valence-corrected chi connectivity index (χ0v) is 10.4. The highest BCUT2D eigenvalue weighted by Gasteiger charge is 2.36. The van der Waals surface area contributed by atoms with Crippen LogP contribution in [0.5, 0.6) is 0 Å². The zero-order chi connectivity index (χ0) is 12.4. The molecule has 1 amide bonds. The van der Waals surface area contributed by atoms with Crippen LogP contribution in [-0.2, 0) is 4.79 Å². The molecule has 1 aliphatic carbocycles. The molecule has 18 heavy (non-hydrogen) atoms. The van der Waals surface area contributed by atoms with Gasteiger partial charge in [0.2, 0.25) is 5.91 Å². The number of rotatable bonds is 1. The number of hydrogen-bond donors (Lipinski definition) is 2. The van der Waals surface area contributed by atoms with Gasteiger partial charge in [0, 0.05) is 11.8 Å². The number of nitrogens with one attached hydrogen (secondary N) is 2. The number of benzene rings is 1. The largest absolute Gasteiger partial charge is 0.362 e. The predicted molar refractivity (Wildman–Crippen MR) is 71.5 cm³/mol. The monoisotopic (exact) mass is 242 g/mol. The van der Waals surface area contributed by atoms with Crippen molar-refractivity contribution in [3.63, 3.8) is 0 Å². The van der Waals surface area contributed by atoms with E-state index in [0.717, 1.165) is 24.1 Å². The second-order valence-corrected chi connectivity index (χ2v) is 5.18. The Morgan fingerprint density at radius 1 is 0.944 bits per heavy atom. The first-order valence-corrected chi connectivity index (χ1v) is 6.65. The van der Waals surface area contributed by atoms with Crippen LogP contribution in [0.2, 0.25) is 0 Å². The van der Waals surface area contributed by atoms with Crippen LogP contribution in [0, 0.1) is 0 Å². The van der Waals surface area contributed by atoms with Crippen molar-refractivity contribution in [2.24, 2.45) is 0 Å². The van der Waals surface area contributed by atoms with Crippen molar-refractivity contribution in [2.45, 2.75) is 37.8 Å². The summed E-state index contributed by atoms with van der Waals surface area (Å²) in [5, 5.41) is 6.65. The second-order valence-electron chi connectivity index (χ2n) is 5.18. The molecule has 1 saturated carbocycles. The molecule has 0 saturated heterocycles. The van der Waals surface area contributed by atoms with E-state index in [-0.39, 0.29) is 11.6 Å². The Morgan fingerprint density at radius 2 is 1.67 bits per heavy atom. The average Bonchev–Trinajstić information content (AvgIpc) is 2.40. The highest BCUT2D eigenvalue weighted by atomic mass is 16.1. The minimum atomic E-state index is -0.213. The van der Waals surface area contributed by atoms with Gasteiger partial charge in [-0.05, 0) is 31.2 Å². The number of carbonyl (C=O) groups excluding carboxylic acids is 1. The molecule has 1 heterocycles. The molecule has 3 heteroatoms. The lowest BCUT2D eigenvalue weighted by Crippen LogP contribution is -2.61. The summed E-state index contributed by atoms with van der Waals surface area (Å²) in [5.41, 5.74) is 1.81. The average molecular weight is 242 g/mol. The Kier molecular flexibility index (Phi) is 2.82. The van der Waals surface area contributed by atoms with Gasteiger partial charge in [0.25, 0.3) is 0 Å². The second kappa shape index (κ2) is 4.48. The molecule has 1 aromatic rings. The fourth-order valence-electron chi connectivity index (χ4n) is 2.91. The first-order chi connectivity index (χ1) is 8.77. The molecule has 1 fully saturated rings. The molecule has 0 radical (unpaired) electrons. The maximum Gasteiger partial charge on any atom is 0.247 e. The van der Waals surface area contributed by atoms with Crippen molar-refractivity contribution >= 4 is 11.6 Å². The molecular weight excluding hydrogens is 224 g/mol. The smallest absolute Gasteiger partial charge is 0.247 e. The molecule has 0 atom stereocenters. The minimum Gasteiger partial charge on any atom is -0.362 e. The van der Waals surface area contributed by atoms with Crippen molar-refractivity contribution in [3.8, 4) is 0 Å². The molecule has 1 spiro atoms. The van der Waals surface area contributed by atoms with Crippen LogP contribution in [0.15, 0.2) is 36.4 Å². The van der Waals surface area contributed by atoms with E-state index in [0.29, 0.717) is 0 Å². The normalized spacial score (nSPS) is 22.0. The van der Waals surface area contributed by atoms with Crippen LogP contribution in [0.1, 0.15) is 37.7 Å². The summed E-state index contributed by atoms with van der Waals surface area (Å²) in [5.74, 6) is 0.0227. The number of carbonyl (C=O) groups is 1. The first kappa shape index (κ1) is 11.3. The minimum absolute atomic E-state index is 0.0227. The summed E-state index contributed by atoms with van der Waals surface area (Å²) in [7, 11) is 0. The molecule has 0 unspecified atom stereocenters. The standard InChI is InChI=1S/C15H18N2O/c18-14-11-13(12-7-3-1-4-8-12)16-15(17-14)9-5-2-6-10-15/h1,3-4,7-8,11,16H,2,5-6,9-10H2,(H,17,18). The summed E-state index contributed by atoms with van der Waals surface area (Å²) in [6, 6.07) is 10.1. The molecular formula is C15H18N2O. The van der Waals surface area contributed by atoms with E-state index < -0.39 is 0 Å². The fourth-order valence-corrected chi connectivity index (χ4v) is 2.91. The lowest BCUT2D eigenvalue weighted by atomic mass is 9.87. The topological polar surface area (TPSA) is 41.1 Å². The van der Waals surface area contributed by atoms with Crippen LogP contribution in [0.25, 0.3) is 5.70 Å². The Morgan fingerprint density at radius 3 is 2.39 bits per heavy atom. The molecule has 3 rings (SSSR count). The van der Waals surface area contributed by atoms with Gasteiger partial charge < -0.3 is 10.6 Å². The fraction of sp³-hybridized carbons (Fsp3) is 0.400. The molecule has 94 valence electrons. The lowest BCUT2D eigenvalue weighted by Gasteiger charge is -2.42. The molecule has 1 aromatic carbocycles. The molecule has 2 N–H and O–H groups in total. The van der Waals surface area contributed by atoms with Crippen LogP contribution >= 0.6 is 0 Å². The van der Waals surface area contributed by atoms with Gasteiger partial charge in [0.15, 0.2) is 0 Å². The predicted octanol–water partition coefficient (Wildman–Crippen LogP) is 2.41. The van der Waals surface area contributed by atoms with Crippen LogP contribution < -0.4 is 10.6 Å². The highest BCUT2D eigenvalue weighted by molar-refractivity contribution is 5.97. The maximum atomic E-state index is 11.9. The summed E-state index contributed by atoms with van der Waals surface area (Å²) in [4.78, 5) is 11.9. The van der Waals surface area contributed by atoms with E-state index in [1.165, 1.54) is 19.3 Å². The van der Waals surface area contributed by atoms with Crippen LogP contribution in [0.3, 0.4) is 0 Å². The summed E-state index contributed by atoms with van der Waals surface area (Å²) in [6.45, 7) is 0. The van der Waals surface area contributed by atoms with Gasteiger partial charge in [-0.25, -0.2) is 0 Å². The highest BCUT2D eigenvalue weighted by Crippen LogP contribution is 2.30. The summed E-state index contributed by atoms with van der Waals surface area (Å²) in [6.07, 6.45) is 7.31. The third-order valence-corrected chi connectivity index (χ3v) is 3.80. The molecule has 3 nitrogen and oxygen atoms in total. The van der Waals surface area contributed by atoms with Crippen molar-refractivity contribution in [3.05, 3.63) is 42.0 Å². The Hall–Kier alpha value is -1.77. The number of hydrogen-bond acceptors (Lipinski definition) is 2. The lowest BCUT2D eigenvalue weighted by molar-refractivity contribution is -0.119. The van der Waals surface area contributed by atoms with Gasteiger partial charge in [-0.15, -0.1) is 0 Å². The molecule has 0 bridgehead atoms. The van der Waals surface area contributed by atoms with E-state index >= 15 is 0 Å². The molecule has 1 aliphatic heterocycles. The Balaban J connectivity index is 1.89. The van der Waals surface area contributed by atoms with Gasteiger partial charge in [-0.1, -0.05) is 36.8 Å². The molecule has 2 aliphatic rings. The van der Waals surface area contributed by atoms with E-state index in [1.54, 1.807) is 6.08 Å². The van der Waals surface area contributed by atoms with Crippen molar-refractivity contribution in [1.29, 1.82) is 0 Å². The maximum absolute atomic E-state index is 11.9. The van der Waals surface area contributed by atoms with E-state index in [4.69, 9.17) is 0 Å². The molecule has 0 aromatic heterocycles. The van der Waals surface area contributed by atoms with Gasteiger partial charge >= 0.3 is 0 Å². The third kappa shape index (κ3) is 2.13. The van der Waals surface area contributed by atoms with Crippen LogP contribution in [-0.4, -0.2) is 11.6 Å². The summed E-state index contributed by atoms with van der Waals surface area (Å²) >= 11 is 0. The Bertz CT molecular complexity index is 473. The SMILES string of the molecule is O=C1C=C(c2ccccc2)NC2(CCCCC2)N1. The van der Waals surface area contributed by atoms with E-state index in [9.17, 15) is 4.79 Å². The van der Waals surface area contributed by atoms with Crippen molar-refractivity contribution in [1.82, 2.24) is 10.6 Å². The quantitative estimate of drug-likeness (QED) is 0.794. The van der Waals surface area contributed by atoms with Crippen LogP contribution in [0.4, 0.5) is 0 Å². The summed E-state index contributed by atoms with van der Waals surface area (Å²) < 4.78 is 0. The van der Waals surface area contributed by atoms with Gasteiger partial charge in [-0.2, -0.15) is 0 Å². The van der Waals surface area contributed by atoms with Gasteiger partial charge in [0.1, 0.15) is 5.66 Å². The van der Waals surface area contributed by atoms with Gasteiger partial charge in [0.05, 0.1) is 0 Å². The first-order valence-electron chi connectivity index (χ1n) is 6.65.